The molecule has 0 saturated heterocycles. The predicted octanol–water partition coefficient (Wildman–Crippen LogP) is 5.43. The van der Waals surface area contributed by atoms with E-state index >= 15 is 0 Å². The minimum atomic E-state index is -4.91. The van der Waals surface area contributed by atoms with E-state index in [1.165, 1.54) is 36.5 Å². The molecule has 4 aromatic rings. The van der Waals surface area contributed by atoms with Crippen molar-refractivity contribution in [2.24, 2.45) is 0 Å². The summed E-state index contributed by atoms with van der Waals surface area (Å²) in [5.74, 6) is -2.15. The molecule has 0 unspecified atom stereocenters. The summed E-state index contributed by atoms with van der Waals surface area (Å²) in [6.45, 7) is 0. The Hall–Kier alpha value is -4.35. The molecule has 0 fully saturated rings. The lowest BCUT2D eigenvalue weighted by Crippen LogP contribution is -2.27. The average Bonchev–Trinajstić information content (AvgIpc) is 2.79. The van der Waals surface area contributed by atoms with Crippen LogP contribution in [0.2, 0.25) is 0 Å². The van der Waals surface area contributed by atoms with Crippen LogP contribution in [0.4, 0.5) is 26.3 Å². The standard InChI is InChI=1S/C24H14F6N2O4/c25-23(26,27)14-3-1-4-15(12-14)32-21-17(5-2-10-31-21)20(34)19(22(32)35)18(33)11-13-6-8-16(9-7-13)36-24(28,29)30/h1-10,12,34H,11H2. The third-order valence-corrected chi connectivity index (χ3v) is 5.14. The van der Waals surface area contributed by atoms with E-state index in [0.717, 1.165) is 28.8 Å². The Morgan fingerprint density at radius 2 is 1.67 bits per heavy atom. The highest BCUT2D eigenvalue weighted by Gasteiger charge is 2.32. The SMILES string of the molecule is O=C(Cc1ccc(OC(F)(F)F)cc1)c1c(O)c2cccnc2n(-c2cccc(C(F)(F)F)c2)c1=O. The maximum atomic E-state index is 13.3. The lowest BCUT2D eigenvalue weighted by atomic mass is 10.0. The number of ether oxygens (including phenoxy) is 1. The monoisotopic (exact) mass is 508 g/mol. The van der Waals surface area contributed by atoms with Crippen molar-refractivity contribution in [2.45, 2.75) is 19.0 Å². The van der Waals surface area contributed by atoms with Gasteiger partial charge in [-0.05, 0) is 48.0 Å². The minimum Gasteiger partial charge on any atom is -0.506 e. The van der Waals surface area contributed by atoms with Crippen LogP contribution in [-0.2, 0) is 12.6 Å². The van der Waals surface area contributed by atoms with E-state index in [1.54, 1.807) is 0 Å². The van der Waals surface area contributed by atoms with E-state index in [1.807, 2.05) is 0 Å². The number of benzene rings is 2. The summed E-state index contributed by atoms with van der Waals surface area (Å²) in [5, 5.41) is 10.6. The number of rotatable bonds is 5. The highest BCUT2D eigenvalue weighted by molar-refractivity contribution is 6.04. The topological polar surface area (TPSA) is 81.4 Å². The molecule has 36 heavy (non-hydrogen) atoms. The molecule has 2 aromatic carbocycles. The van der Waals surface area contributed by atoms with Crippen LogP contribution in [-0.4, -0.2) is 26.8 Å². The number of Topliss-reactive ketones (excluding diaryl/α,β-unsaturated/α-hetero) is 1. The van der Waals surface area contributed by atoms with Crippen LogP contribution in [0.1, 0.15) is 21.5 Å². The first-order valence-electron chi connectivity index (χ1n) is 10.1. The van der Waals surface area contributed by atoms with Crippen molar-refractivity contribution >= 4 is 16.8 Å². The molecule has 2 heterocycles. The van der Waals surface area contributed by atoms with Gasteiger partial charge in [-0.1, -0.05) is 18.2 Å². The number of fused-ring (bicyclic) bond motifs is 1. The zero-order chi connectivity index (χ0) is 26.3. The molecule has 0 aliphatic heterocycles. The number of hydrogen-bond donors (Lipinski definition) is 1. The Bertz CT molecular complexity index is 1510. The van der Waals surface area contributed by atoms with Gasteiger partial charge >= 0.3 is 12.5 Å². The van der Waals surface area contributed by atoms with Gasteiger partial charge in [0.05, 0.1) is 16.6 Å². The van der Waals surface area contributed by atoms with Crippen LogP contribution in [0, 0.1) is 0 Å². The van der Waals surface area contributed by atoms with Gasteiger partial charge in [0.25, 0.3) is 5.56 Å². The van der Waals surface area contributed by atoms with Crippen molar-refractivity contribution in [3.8, 4) is 17.2 Å². The number of halogens is 6. The minimum absolute atomic E-state index is 0.0632. The average molecular weight is 508 g/mol. The molecule has 12 heteroatoms. The molecule has 0 amide bonds. The van der Waals surface area contributed by atoms with Crippen LogP contribution in [0.15, 0.2) is 71.7 Å². The van der Waals surface area contributed by atoms with Gasteiger partial charge in [0.1, 0.15) is 17.1 Å². The molecular formula is C24H14F6N2O4. The number of hydrogen-bond acceptors (Lipinski definition) is 5. The van der Waals surface area contributed by atoms with Crippen molar-refractivity contribution in [1.29, 1.82) is 0 Å². The van der Waals surface area contributed by atoms with E-state index < -0.39 is 52.9 Å². The molecule has 0 radical (unpaired) electrons. The number of aromatic nitrogens is 2. The fourth-order valence-electron chi connectivity index (χ4n) is 3.60. The largest absolute Gasteiger partial charge is 0.573 e. The van der Waals surface area contributed by atoms with Crippen LogP contribution >= 0.6 is 0 Å². The summed E-state index contributed by atoms with van der Waals surface area (Å²) < 4.78 is 81.4. The van der Waals surface area contributed by atoms with Crippen LogP contribution in [0.3, 0.4) is 0 Å². The zero-order valence-electron chi connectivity index (χ0n) is 17.9. The molecule has 0 bridgehead atoms. The van der Waals surface area contributed by atoms with Crippen LogP contribution in [0.25, 0.3) is 16.7 Å². The van der Waals surface area contributed by atoms with Gasteiger partial charge in [-0.3, -0.25) is 14.2 Å². The fraction of sp³-hybridized carbons (Fsp3) is 0.125. The normalized spacial score (nSPS) is 12.1. The third-order valence-electron chi connectivity index (χ3n) is 5.14. The Kier molecular flexibility index (Phi) is 6.21. The molecule has 2 aromatic heterocycles. The molecule has 0 saturated carbocycles. The van der Waals surface area contributed by atoms with Gasteiger partial charge in [-0.25, -0.2) is 4.98 Å². The van der Waals surface area contributed by atoms with Gasteiger partial charge in [0.15, 0.2) is 11.4 Å². The Morgan fingerprint density at radius 1 is 0.972 bits per heavy atom. The van der Waals surface area contributed by atoms with Crippen molar-refractivity contribution < 1.29 is 41.0 Å². The number of alkyl halides is 6. The maximum absolute atomic E-state index is 13.3. The quantitative estimate of drug-likeness (QED) is 0.287. The molecule has 4 rings (SSSR count). The molecular weight excluding hydrogens is 494 g/mol. The maximum Gasteiger partial charge on any atom is 0.573 e. The van der Waals surface area contributed by atoms with Gasteiger partial charge in [-0.2, -0.15) is 13.2 Å². The van der Waals surface area contributed by atoms with Crippen molar-refractivity contribution in [3.05, 3.63) is 93.9 Å². The first-order valence-corrected chi connectivity index (χ1v) is 10.1. The Morgan fingerprint density at radius 3 is 2.31 bits per heavy atom. The molecule has 0 spiro atoms. The van der Waals surface area contributed by atoms with Gasteiger partial charge in [0.2, 0.25) is 0 Å². The number of carbonyl (C=O) groups is 1. The summed E-state index contributed by atoms with van der Waals surface area (Å²) in [5.41, 5.74) is -3.07. The second-order valence-corrected chi connectivity index (χ2v) is 7.58. The second-order valence-electron chi connectivity index (χ2n) is 7.58. The van der Waals surface area contributed by atoms with E-state index in [0.29, 0.717) is 6.07 Å². The van der Waals surface area contributed by atoms with Crippen LogP contribution < -0.4 is 10.3 Å². The lowest BCUT2D eigenvalue weighted by molar-refractivity contribution is -0.274. The number of ketones is 1. The van der Waals surface area contributed by atoms with Crippen molar-refractivity contribution in [1.82, 2.24) is 9.55 Å². The first kappa shape index (κ1) is 24.8. The Labute approximate surface area is 198 Å². The van der Waals surface area contributed by atoms with Gasteiger partial charge in [0, 0.05) is 12.6 Å². The van der Waals surface area contributed by atoms with E-state index in [4.69, 9.17) is 0 Å². The zero-order valence-corrected chi connectivity index (χ0v) is 17.9. The molecule has 0 atom stereocenters. The molecule has 1 N–H and O–H groups in total. The Balaban J connectivity index is 1.80. The van der Waals surface area contributed by atoms with Gasteiger partial charge in [-0.15, -0.1) is 13.2 Å². The molecule has 186 valence electrons. The van der Waals surface area contributed by atoms with Crippen molar-refractivity contribution in [2.75, 3.05) is 0 Å². The first-order chi connectivity index (χ1) is 16.8. The fourth-order valence-corrected chi connectivity index (χ4v) is 3.60. The summed E-state index contributed by atoms with van der Waals surface area (Å²) in [6.07, 6.45) is -8.85. The molecule has 6 nitrogen and oxygen atoms in total. The number of aromatic hydroxyl groups is 1. The third kappa shape index (κ3) is 5.02. The predicted molar refractivity (Wildman–Crippen MR) is 115 cm³/mol. The highest BCUT2D eigenvalue weighted by atomic mass is 19.4. The summed E-state index contributed by atoms with van der Waals surface area (Å²) >= 11 is 0. The van der Waals surface area contributed by atoms with Crippen LogP contribution in [0.5, 0.6) is 11.5 Å². The summed E-state index contributed by atoms with van der Waals surface area (Å²) in [4.78, 5) is 30.4. The molecule has 0 aliphatic carbocycles. The van der Waals surface area contributed by atoms with E-state index in [9.17, 15) is 41.0 Å². The lowest BCUT2D eigenvalue weighted by Gasteiger charge is -2.15. The smallest absolute Gasteiger partial charge is 0.506 e. The van der Waals surface area contributed by atoms with Crippen molar-refractivity contribution in [3.63, 3.8) is 0 Å². The summed E-state index contributed by atoms with van der Waals surface area (Å²) in [6, 6.07) is 10.8. The second kappa shape index (κ2) is 9.02. The summed E-state index contributed by atoms with van der Waals surface area (Å²) in [7, 11) is 0. The number of pyridine rings is 2. The van der Waals surface area contributed by atoms with E-state index in [-0.39, 0.29) is 22.3 Å². The highest BCUT2D eigenvalue weighted by Crippen LogP contribution is 2.32. The van der Waals surface area contributed by atoms with E-state index in [2.05, 4.69) is 9.72 Å². The number of carbonyl (C=O) groups excluding carboxylic acids is 1. The number of nitrogens with zero attached hydrogens (tertiary/aromatic N) is 2. The molecule has 0 aliphatic rings. The van der Waals surface area contributed by atoms with Gasteiger partial charge < -0.3 is 9.84 Å².